The number of esters is 1. The van der Waals surface area contributed by atoms with E-state index in [1.807, 2.05) is 0 Å². The fraction of sp³-hybridized carbons (Fsp3) is 0.278. The normalized spacial score (nSPS) is 21.5. The van der Waals surface area contributed by atoms with E-state index in [2.05, 4.69) is 10.1 Å². The number of nitrogens with zero attached hydrogens (tertiary/aromatic N) is 1. The summed E-state index contributed by atoms with van der Waals surface area (Å²) in [6.45, 7) is 1.64. The molecule has 0 aliphatic heterocycles. The van der Waals surface area contributed by atoms with Gasteiger partial charge in [-0.3, -0.25) is 19.0 Å². The summed E-state index contributed by atoms with van der Waals surface area (Å²) in [7, 11) is 1.27. The fourth-order valence-electron chi connectivity index (χ4n) is 2.82. The first-order valence-electron chi connectivity index (χ1n) is 7.74. The molecule has 1 N–H and O–H groups in total. The molecule has 1 saturated carbocycles. The van der Waals surface area contributed by atoms with Gasteiger partial charge in [0.2, 0.25) is 5.91 Å². The van der Waals surface area contributed by atoms with Crippen molar-refractivity contribution in [2.75, 3.05) is 12.4 Å². The number of rotatable bonds is 4. The van der Waals surface area contributed by atoms with Gasteiger partial charge in [0, 0.05) is 18.3 Å². The number of benzene rings is 1. The second-order valence-electron chi connectivity index (χ2n) is 6.23. The standard InChI is InChI=1S/C18H17FN2O4/c1-18(17(24)25-2)10-12(18)16(23)20-14-7-6-11(9-13(14)19)21-8-4-3-5-15(21)22/h3-9,12H,10H2,1-2H3,(H,20,23)/t12-,18+/m1/s1. The number of carbonyl (C=O) groups excluding carboxylic acids is 2. The number of ether oxygens (including phenoxy) is 1. The predicted molar refractivity (Wildman–Crippen MR) is 88.9 cm³/mol. The van der Waals surface area contributed by atoms with Crippen LogP contribution in [-0.2, 0) is 14.3 Å². The third-order valence-corrected chi connectivity index (χ3v) is 4.52. The van der Waals surface area contributed by atoms with Crippen molar-refractivity contribution in [3.63, 3.8) is 0 Å². The Morgan fingerprint density at radius 3 is 2.72 bits per heavy atom. The Balaban J connectivity index is 1.77. The number of methoxy groups -OCH3 is 1. The molecule has 2 aromatic rings. The van der Waals surface area contributed by atoms with Crippen molar-refractivity contribution in [2.24, 2.45) is 11.3 Å². The highest BCUT2D eigenvalue weighted by Gasteiger charge is 2.61. The molecule has 130 valence electrons. The first kappa shape index (κ1) is 16.9. The molecule has 1 aromatic heterocycles. The molecule has 25 heavy (non-hydrogen) atoms. The average Bonchev–Trinajstić information content (AvgIpc) is 3.30. The van der Waals surface area contributed by atoms with Gasteiger partial charge in [-0.25, -0.2) is 4.39 Å². The highest BCUT2D eigenvalue weighted by atomic mass is 19.1. The van der Waals surface area contributed by atoms with Crippen molar-refractivity contribution in [1.82, 2.24) is 4.57 Å². The first-order chi connectivity index (χ1) is 11.9. The number of anilines is 1. The van der Waals surface area contributed by atoms with Crippen LogP contribution in [0.5, 0.6) is 0 Å². The van der Waals surface area contributed by atoms with E-state index in [9.17, 15) is 18.8 Å². The van der Waals surface area contributed by atoms with E-state index >= 15 is 0 Å². The zero-order valence-electron chi connectivity index (χ0n) is 13.8. The minimum absolute atomic E-state index is 0.00292. The van der Waals surface area contributed by atoms with Crippen molar-refractivity contribution in [3.05, 3.63) is 58.8 Å². The van der Waals surface area contributed by atoms with Crippen molar-refractivity contribution in [3.8, 4) is 5.69 Å². The van der Waals surface area contributed by atoms with Crippen molar-refractivity contribution < 1.29 is 18.7 Å². The minimum Gasteiger partial charge on any atom is -0.469 e. The summed E-state index contributed by atoms with van der Waals surface area (Å²) >= 11 is 0. The summed E-state index contributed by atoms with van der Waals surface area (Å²) in [6, 6.07) is 8.72. The summed E-state index contributed by atoms with van der Waals surface area (Å²) in [5.74, 6) is -2.10. The quantitative estimate of drug-likeness (QED) is 0.862. The number of carbonyl (C=O) groups is 2. The van der Waals surface area contributed by atoms with Gasteiger partial charge in [-0.15, -0.1) is 0 Å². The Bertz CT molecular complexity index is 908. The van der Waals surface area contributed by atoms with Gasteiger partial charge in [-0.1, -0.05) is 6.07 Å². The van der Waals surface area contributed by atoms with Crippen LogP contribution in [0.1, 0.15) is 13.3 Å². The number of hydrogen-bond donors (Lipinski definition) is 1. The number of amides is 1. The summed E-state index contributed by atoms with van der Waals surface area (Å²) < 4.78 is 20.3. The Kier molecular flexibility index (Phi) is 4.16. The van der Waals surface area contributed by atoms with E-state index in [4.69, 9.17) is 0 Å². The molecule has 1 aliphatic carbocycles. The highest BCUT2D eigenvalue weighted by Crippen LogP contribution is 2.53. The molecule has 0 unspecified atom stereocenters. The van der Waals surface area contributed by atoms with Crippen LogP contribution in [0.4, 0.5) is 10.1 Å². The summed E-state index contributed by atoms with van der Waals surface area (Å²) in [6.07, 6.45) is 1.89. The van der Waals surface area contributed by atoms with E-state index in [0.29, 0.717) is 12.1 Å². The fourth-order valence-corrected chi connectivity index (χ4v) is 2.82. The van der Waals surface area contributed by atoms with E-state index in [1.54, 1.807) is 19.1 Å². The molecule has 0 spiro atoms. The van der Waals surface area contributed by atoms with Gasteiger partial charge in [0.25, 0.3) is 5.56 Å². The maximum Gasteiger partial charge on any atom is 0.312 e. The third kappa shape index (κ3) is 3.05. The monoisotopic (exact) mass is 344 g/mol. The molecule has 1 aliphatic rings. The molecular weight excluding hydrogens is 327 g/mol. The lowest BCUT2D eigenvalue weighted by molar-refractivity contribution is -0.147. The van der Waals surface area contributed by atoms with Crippen LogP contribution in [0, 0.1) is 17.2 Å². The van der Waals surface area contributed by atoms with Crippen molar-refractivity contribution in [1.29, 1.82) is 0 Å². The molecule has 1 fully saturated rings. The van der Waals surface area contributed by atoms with Gasteiger partial charge in [0.15, 0.2) is 0 Å². The van der Waals surface area contributed by atoms with Gasteiger partial charge < -0.3 is 10.1 Å². The molecule has 7 heteroatoms. The van der Waals surface area contributed by atoms with Gasteiger partial charge >= 0.3 is 5.97 Å². The number of hydrogen-bond acceptors (Lipinski definition) is 4. The molecule has 1 aromatic carbocycles. The second kappa shape index (κ2) is 6.16. The van der Waals surface area contributed by atoms with Crippen LogP contribution in [0.2, 0.25) is 0 Å². The van der Waals surface area contributed by atoms with Gasteiger partial charge in [-0.2, -0.15) is 0 Å². The molecule has 0 saturated heterocycles. The average molecular weight is 344 g/mol. The number of pyridine rings is 1. The van der Waals surface area contributed by atoms with Crippen LogP contribution in [0.15, 0.2) is 47.4 Å². The Morgan fingerprint density at radius 2 is 2.08 bits per heavy atom. The summed E-state index contributed by atoms with van der Waals surface area (Å²) in [5, 5.41) is 2.49. The van der Waals surface area contributed by atoms with Crippen LogP contribution in [-0.4, -0.2) is 23.6 Å². The smallest absolute Gasteiger partial charge is 0.312 e. The second-order valence-corrected chi connectivity index (χ2v) is 6.23. The lowest BCUT2D eigenvalue weighted by atomic mass is 10.1. The lowest BCUT2D eigenvalue weighted by Crippen LogP contribution is -2.23. The molecule has 0 radical (unpaired) electrons. The number of halogens is 1. The molecule has 3 rings (SSSR count). The predicted octanol–water partition coefficient (Wildman–Crippen LogP) is 2.11. The molecule has 6 nitrogen and oxygen atoms in total. The van der Waals surface area contributed by atoms with Gasteiger partial charge in [-0.05, 0) is 31.5 Å². The van der Waals surface area contributed by atoms with E-state index in [0.717, 1.165) is 0 Å². The molecular formula is C18H17FN2O4. The van der Waals surface area contributed by atoms with Crippen LogP contribution < -0.4 is 10.9 Å². The topological polar surface area (TPSA) is 77.4 Å². The Morgan fingerprint density at radius 1 is 1.32 bits per heavy atom. The van der Waals surface area contributed by atoms with Crippen molar-refractivity contribution in [2.45, 2.75) is 13.3 Å². The zero-order chi connectivity index (χ0) is 18.2. The zero-order valence-corrected chi connectivity index (χ0v) is 13.8. The molecule has 1 amide bonds. The largest absolute Gasteiger partial charge is 0.469 e. The van der Waals surface area contributed by atoms with Crippen molar-refractivity contribution >= 4 is 17.6 Å². The van der Waals surface area contributed by atoms with E-state index < -0.39 is 29.0 Å². The number of nitrogens with one attached hydrogen (secondary N) is 1. The van der Waals surface area contributed by atoms with Crippen LogP contribution in [0.25, 0.3) is 5.69 Å². The molecule has 1 heterocycles. The van der Waals surface area contributed by atoms with E-state index in [1.165, 1.54) is 42.1 Å². The minimum atomic E-state index is -0.855. The summed E-state index contributed by atoms with van der Waals surface area (Å²) in [5.41, 5.74) is -0.790. The SMILES string of the molecule is COC(=O)[C@@]1(C)C[C@@H]1C(=O)Nc1ccc(-n2ccccc2=O)cc1F. The lowest BCUT2D eigenvalue weighted by Gasteiger charge is -2.11. The Labute approximate surface area is 143 Å². The maximum atomic E-state index is 14.3. The highest BCUT2D eigenvalue weighted by molar-refractivity contribution is 6.00. The third-order valence-electron chi connectivity index (χ3n) is 4.52. The van der Waals surface area contributed by atoms with Crippen LogP contribution >= 0.6 is 0 Å². The summed E-state index contributed by atoms with van der Waals surface area (Å²) in [4.78, 5) is 35.7. The Hall–Kier alpha value is -2.96. The number of aromatic nitrogens is 1. The maximum absolute atomic E-state index is 14.3. The molecule has 2 atom stereocenters. The van der Waals surface area contributed by atoms with Gasteiger partial charge in [0.05, 0.1) is 29.8 Å². The first-order valence-corrected chi connectivity index (χ1v) is 7.74. The van der Waals surface area contributed by atoms with E-state index in [-0.39, 0.29) is 11.2 Å². The van der Waals surface area contributed by atoms with Gasteiger partial charge in [0.1, 0.15) is 5.82 Å². The molecule has 0 bridgehead atoms. The van der Waals surface area contributed by atoms with Crippen LogP contribution in [0.3, 0.4) is 0 Å².